The predicted octanol–water partition coefficient (Wildman–Crippen LogP) is 2.78. The molecule has 24 heavy (non-hydrogen) atoms. The van der Waals surface area contributed by atoms with Crippen molar-refractivity contribution in [3.63, 3.8) is 0 Å². The molecule has 1 aliphatic heterocycles. The molecule has 1 saturated heterocycles. The van der Waals surface area contributed by atoms with Crippen molar-refractivity contribution in [2.24, 2.45) is 11.3 Å². The monoisotopic (exact) mass is 331 g/mol. The molecule has 1 aromatic rings. The third kappa shape index (κ3) is 3.40. The largest absolute Gasteiger partial charge is 0.497 e. The maximum Gasteiger partial charge on any atom is 0.308 e. The molecular weight excluding hydrogens is 306 g/mol. The van der Waals surface area contributed by atoms with Gasteiger partial charge in [0.05, 0.1) is 20.1 Å². The fraction of sp³-hybridized carbons (Fsp3) is 0.579. The third-order valence-electron chi connectivity index (χ3n) is 5.41. The first-order valence-electron chi connectivity index (χ1n) is 8.54. The average Bonchev–Trinajstić information content (AvgIpc) is 2.89. The molecule has 0 bridgehead atoms. The molecule has 0 aromatic heterocycles. The molecule has 1 spiro atoms. The quantitative estimate of drug-likeness (QED) is 0.796. The summed E-state index contributed by atoms with van der Waals surface area (Å²) in [6.07, 6.45) is 4.21. The molecule has 0 N–H and O–H groups in total. The van der Waals surface area contributed by atoms with Gasteiger partial charge in [0, 0.05) is 19.5 Å². The summed E-state index contributed by atoms with van der Waals surface area (Å²) in [6.45, 7) is 1.36. The van der Waals surface area contributed by atoms with E-state index in [1.165, 1.54) is 7.11 Å². The van der Waals surface area contributed by atoms with Crippen LogP contribution in [0.25, 0.3) is 0 Å². The van der Waals surface area contributed by atoms with Crippen LogP contribution in [0.1, 0.15) is 37.7 Å². The van der Waals surface area contributed by atoms with Gasteiger partial charge < -0.3 is 14.4 Å². The van der Waals surface area contributed by atoms with Gasteiger partial charge in [-0.25, -0.2) is 0 Å². The van der Waals surface area contributed by atoms with Crippen molar-refractivity contribution in [2.45, 2.75) is 38.6 Å². The van der Waals surface area contributed by atoms with Gasteiger partial charge in [0.15, 0.2) is 0 Å². The van der Waals surface area contributed by atoms with Gasteiger partial charge >= 0.3 is 5.97 Å². The summed E-state index contributed by atoms with van der Waals surface area (Å²) >= 11 is 0. The Morgan fingerprint density at radius 3 is 2.71 bits per heavy atom. The SMILES string of the molecule is COC(=O)C1CCCC2(CC(=O)N(Cc3ccc(OC)cc3)C2)C1. The van der Waals surface area contributed by atoms with E-state index in [2.05, 4.69) is 0 Å². The minimum absolute atomic E-state index is 0.0549. The number of amides is 1. The van der Waals surface area contributed by atoms with E-state index >= 15 is 0 Å². The summed E-state index contributed by atoms with van der Waals surface area (Å²) < 4.78 is 10.1. The number of carbonyl (C=O) groups is 2. The van der Waals surface area contributed by atoms with E-state index in [9.17, 15) is 9.59 Å². The van der Waals surface area contributed by atoms with Crippen molar-refractivity contribution < 1.29 is 19.1 Å². The molecule has 2 unspecified atom stereocenters. The highest BCUT2D eigenvalue weighted by molar-refractivity contribution is 5.80. The van der Waals surface area contributed by atoms with Crippen LogP contribution in [0, 0.1) is 11.3 Å². The number of ether oxygens (including phenoxy) is 2. The van der Waals surface area contributed by atoms with Gasteiger partial charge in [0.1, 0.15) is 5.75 Å². The fourth-order valence-electron chi connectivity index (χ4n) is 4.20. The van der Waals surface area contributed by atoms with Crippen molar-refractivity contribution in [2.75, 3.05) is 20.8 Å². The van der Waals surface area contributed by atoms with Crippen LogP contribution in [0.3, 0.4) is 0 Å². The van der Waals surface area contributed by atoms with Crippen LogP contribution in [0.15, 0.2) is 24.3 Å². The number of hydrogen-bond donors (Lipinski definition) is 0. The van der Waals surface area contributed by atoms with E-state index in [1.807, 2.05) is 29.2 Å². The lowest BCUT2D eigenvalue weighted by molar-refractivity contribution is -0.148. The van der Waals surface area contributed by atoms with Gasteiger partial charge in [-0.15, -0.1) is 0 Å². The van der Waals surface area contributed by atoms with Crippen LogP contribution in [-0.2, 0) is 20.9 Å². The Morgan fingerprint density at radius 1 is 1.29 bits per heavy atom. The molecule has 3 rings (SSSR count). The maximum absolute atomic E-state index is 12.5. The molecule has 2 aliphatic rings. The van der Waals surface area contributed by atoms with Gasteiger partial charge in [0.2, 0.25) is 5.91 Å². The topological polar surface area (TPSA) is 55.8 Å². The Hall–Kier alpha value is -2.04. The average molecular weight is 331 g/mol. The second kappa shape index (κ2) is 6.83. The molecule has 2 atom stereocenters. The minimum atomic E-state index is -0.130. The number of carbonyl (C=O) groups excluding carboxylic acids is 2. The molecule has 2 fully saturated rings. The predicted molar refractivity (Wildman–Crippen MR) is 89.4 cm³/mol. The minimum Gasteiger partial charge on any atom is -0.497 e. The zero-order chi connectivity index (χ0) is 17.2. The van der Waals surface area contributed by atoms with Gasteiger partial charge in [-0.3, -0.25) is 9.59 Å². The van der Waals surface area contributed by atoms with Crippen LogP contribution in [0.5, 0.6) is 5.75 Å². The van der Waals surface area contributed by atoms with Crippen LogP contribution >= 0.6 is 0 Å². The summed E-state index contributed by atoms with van der Waals surface area (Å²) in [5.74, 6) is 0.820. The van der Waals surface area contributed by atoms with Crippen LogP contribution in [-0.4, -0.2) is 37.5 Å². The first kappa shape index (κ1) is 16.8. The number of methoxy groups -OCH3 is 2. The fourth-order valence-corrected chi connectivity index (χ4v) is 4.20. The van der Waals surface area contributed by atoms with E-state index in [1.54, 1.807) is 7.11 Å². The molecule has 5 heteroatoms. The standard InChI is InChI=1S/C19H25NO4/c1-23-16-7-5-14(6-8-16)12-20-13-19(11-17(20)21)9-3-4-15(10-19)18(22)24-2/h5-8,15H,3-4,9-13H2,1-2H3. The lowest BCUT2D eigenvalue weighted by atomic mass is 9.69. The first-order valence-corrected chi connectivity index (χ1v) is 8.54. The van der Waals surface area contributed by atoms with E-state index in [0.29, 0.717) is 13.0 Å². The number of rotatable bonds is 4. The lowest BCUT2D eigenvalue weighted by Crippen LogP contribution is -2.35. The Labute approximate surface area is 142 Å². The van der Waals surface area contributed by atoms with Crippen LogP contribution < -0.4 is 4.74 Å². The second-order valence-corrected chi connectivity index (χ2v) is 7.09. The molecule has 1 aromatic carbocycles. The zero-order valence-corrected chi connectivity index (χ0v) is 14.4. The normalized spacial score (nSPS) is 26.7. The number of benzene rings is 1. The summed E-state index contributed by atoms with van der Waals surface area (Å²) in [5.41, 5.74) is 1.04. The van der Waals surface area contributed by atoms with Gasteiger partial charge in [-0.1, -0.05) is 18.6 Å². The van der Waals surface area contributed by atoms with Crippen LogP contribution in [0.2, 0.25) is 0 Å². The van der Waals surface area contributed by atoms with Gasteiger partial charge in [0.25, 0.3) is 0 Å². The molecule has 130 valence electrons. The van der Waals surface area contributed by atoms with Gasteiger partial charge in [-0.05, 0) is 42.4 Å². The molecular formula is C19H25NO4. The summed E-state index contributed by atoms with van der Waals surface area (Å²) in [5, 5.41) is 0. The van der Waals surface area contributed by atoms with Crippen molar-refractivity contribution >= 4 is 11.9 Å². The lowest BCUT2D eigenvalue weighted by Gasteiger charge is -2.36. The van der Waals surface area contributed by atoms with Crippen molar-refractivity contribution in [3.05, 3.63) is 29.8 Å². The van der Waals surface area contributed by atoms with E-state index in [-0.39, 0.29) is 23.2 Å². The Kier molecular flexibility index (Phi) is 4.78. The third-order valence-corrected chi connectivity index (χ3v) is 5.41. The maximum atomic E-state index is 12.5. The Morgan fingerprint density at radius 2 is 2.04 bits per heavy atom. The number of hydrogen-bond acceptors (Lipinski definition) is 4. The Balaban J connectivity index is 1.67. The zero-order valence-electron chi connectivity index (χ0n) is 14.4. The summed E-state index contributed by atoms with van der Waals surface area (Å²) in [4.78, 5) is 26.3. The number of nitrogens with zero attached hydrogens (tertiary/aromatic N) is 1. The second-order valence-electron chi connectivity index (χ2n) is 7.09. The summed E-state index contributed by atoms with van der Waals surface area (Å²) in [7, 11) is 3.09. The Bertz CT molecular complexity index is 612. The van der Waals surface area contributed by atoms with E-state index in [4.69, 9.17) is 9.47 Å². The smallest absolute Gasteiger partial charge is 0.308 e. The highest BCUT2D eigenvalue weighted by atomic mass is 16.5. The van der Waals surface area contributed by atoms with Crippen molar-refractivity contribution in [1.29, 1.82) is 0 Å². The molecule has 1 heterocycles. The number of esters is 1. The van der Waals surface area contributed by atoms with Crippen LogP contribution in [0.4, 0.5) is 0 Å². The first-order chi connectivity index (χ1) is 11.5. The van der Waals surface area contributed by atoms with E-state index < -0.39 is 0 Å². The number of likely N-dealkylation sites (tertiary alicyclic amines) is 1. The molecule has 1 aliphatic carbocycles. The molecule has 1 saturated carbocycles. The molecule has 0 radical (unpaired) electrons. The molecule has 1 amide bonds. The highest BCUT2D eigenvalue weighted by Crippen LogP contribution is 2.47. The van der Waals surface area contributed by atoms with Gasteiger partial charge in [-0.2, -0.15) is 0 Å². The van der Waals surface area contributed by atoms with Crippen molar-refractivity contribution in [3.8, 4) is 5.75 Å². The highest BCUT2D eigenvalue weighted by Gasteiger charge is 2.47. The van der Waals surface area contributed by atoms with Crippen molar-refractivity contribution in [1.82, 2.24) is 4.90 Å². The summed E-state index contributed by atoms with van der Waals surface area (Å²) in [6, 6.07) is 7.82. The van der Waals surface area contributed by atoms with E-state index in [0.717, 1.165) is 43.5 Å². The molecule has 5 nitrogen and oxygen atoms in total.